The van der Waals surface area contributed by atoms with Crippen LogP contribution in [0.4, 0.5) is 15.8 Å². The fourth-order valence-corrected chi connectivity index (χ4v) is 3.19. The highest BCUT2D eigenvalue weighted by atomic mass is 127. The first-order valence-electron chi connectivity index (χ1n) is 8.12. The Morgan fingerprint density at radius 2 is 1.81 bits per heavy atom. The number of hydrazone groups is 1. The van der Waals surface area contributed by atoms with Gasteiger partial charge in [0.05, 0.1) is 12.8 Å². The zero-order chi connectivity index (χ0) is 19.6. The van der Waals surface area contributed by atoms with Crippen LogP contribution in [-0.4, -0.2) is 30.2 Å². The molecular formula is C19H17FIN3O3. The average Bonchev–Trinajstić information content (AvgIpc) is 3.02. The fraction of sp³-hybridized carbons (Fsp3) is 0.211. The van der Waals surface area contributed by atoms with Crippen LogP contribution in [0.1, 0.15) is 13.3 Å². The standard InChI is InChI=1S/C19H17FIN3O3/c1-19(18(26)27-2)11-16(17(25)22-14-7-5-13(21)6-8-14)23-24(19)15-9-3-12(20)4-10-15/h3-10H,11H2,1-2H3,(H,22,25). The Balaban J connectivity index is 1.90. The van der Waals surface area contributed by atoms with Gasteiger partial charge in [0, 0.05) is 15.7 Å². The number of nitrogens with zero attached hydrogens (tertiary/aromatic N) is 2. The van der Waals surface area contributed by atoms with Crippen LogP contribution in [0, 0.1) is 9.39 Å². The number of benzene rings is 2. The molecule has 0 aliphatic carbocycles. The molecule has 140 valence electrons. The van der Waals surface area contributed by atoms with Gasteiger partial charge in [0.25, 0.3) is 5.91 Å². The Hall–Kier alpha value is -2.49. The van der Waals surface area contributed by atoms with Gasteiger partial charge >= 0.3 is 5.97 Å². The normalized spacial score (nSPS) is 18.8. The van der Waals surface area contributed by atoms with Crippen LogP contribution in [0.25, 0.3) is 0 Å². The van der Waals surface area contributed by atoms with Gasteiger partial charge in [-0.15, -0.1) is 0 Å². The van der Waals surface area contributed by atoms with Crippen molar-refractivity contribution < 1.29 is 18.7 Å². The molecule has 1 aliphatic rings. The average molecular weight is 481 g/mol. The number of carbonyl (C=O) groups is 2. The summed E-state index contributed by atoms with van der Waals surface area (Å²) in [6.07, 6.45) is 0.0627. The van der Waals surface area contributed by atoms with Gasteiger partial charge in [-0.3, -0.25) is 4.79 Å². The van der Waals surface area contributed by atoms with Crippen molar-refractivity contribution in [2.24, 2.45) is 5.10 Å². The SMILES string of the molecule is COC(=O)C1(C)CC(C(=O)Nc2ccc(I)cc2)=NN1c1ccc(F)cc1. The summed E-state index contributed by atoms with van der Waals surface area (Å²) in [5.74, 6) is -1.35. The third-order valence-electron chi connectivity index (χ3n) is 4.26. The van der Waals surface area contributed by atoms with Crippen molar-refractivity contribution in [3.05, 3.63) is 57.9 Å². The summed E-state index contributed by atoms with van der Waals surface area (Å²) in [4.78, 5) is 25.1. The minimum Gasteiger partial charge on any atom is -0.467 e. The largest absolute Gasteiger partial charge is 0.467 e. The lowest BCUT2D eigenvalue weighted by Gasteiger charge is -2.31. The molecule has 0 saturated heterocycles. The van der Waals surface area contributed by atoms with Gasteiger partial charge in [-0.2, -0.15) is 5.10 Å². The number of halogens is 2. The summed E-state index contributed by atoms with van der Waals surface area (Å²) < 4.78 is 19.2. The lowest BCUT2D eigenvalue weighted by Crippen LogP contribution is -2.48. The van der Waals surface area contributed by atoms with Crippen LogP contribution in [0.5, 0.6) is 0 Å². The third-order valence-corrected chi connectivity index (χ3v) is 4.98. The number of nitrogens with one attached hydrogen (secondary N) is 1. The molecule has 1 N–H and O–H groups in total. The molecule has 0 spiro atoms. The maximum absolute atomic E-state index is 13.3. The van der Waals surface area contributed by atoms with Gasteiger partial charge in [0.15, 0.2) is 5.54 Å². The van der Waals surface area contributed by atoms with E-state index in [2.05, 4.69) is 33.0 Å². The molecular weight excluding hydrogens is 464 g/mol. The van der Waals surface area contributed by atoms with E-state index in [9.17, 15) is 14.0 Å². The second kappa shape index (κ2) is 7.63. The molecule has 1 heterocycles. The summed E-state index contributed by atoms with van der Waals surface area (Å²) in [6.45, 7) is 1.64. The number of anilines is 2. The van der Waals surface area contributed by atoms with Crippen LogP contribution >= 0.6 is 22.6 Å². The van der Waals surface area contributed by atoms with Crippen molar-refractivity contribution in [3.63, 3.8) is 0 Å². The molecule has 0 radical (unpaired) electrons. The number of amides is 1. The summed E-state index contributed by atoms with van der Waals surface area (Å²) in [5.41, 5.74) is 0.0981. The molecule has 3 rings (SSSR count). The van der Waals surface area contributed by atoms with Gasteiger partial charge in [-0.05, 0) is 78.0 Å². The van der Waals surface area contributed by atoms with E-state index in [1.165, 1.54) is 36.4 Å². The van der Waals surface area contributed by atoms with E-state index >= 15 is 0 Å². The monoisotopic (exact) mass is 481 g/mol. The summed E-state index contributed by atoms with van der Waals surface area (Å²) in [6, 6.07) is 12.9. The summed E-state index contributed by atoms with van der Waals surface area (Å²) in [7, 11) is 1.28. The highest BCUT2D eigenvalue weighted by molar-refractivity contribution is 14.1. The Labute approximate surface area is 169 Å². The van der Waals surface area contributed by atoms with E-state index < -0.39 is 23.2 Å². The first-order valence-corrected chi connectivity index (χ1v) is 9.20. The molecule has 1 atom stereocenters. The van der Waals surface area contributed by atoms with Crippen LogP contribution in [-0.2, 0) is 14.3 Å². The van der Waals surface area contributed by atoms with E-state index in [0.29, 0.717) is 11.4 Å². The number of rotatable bonds is 4. The summed E-state index contributed by atoms with van der Waals surface area (Å²) in [5, 5.41) is 8.52. The molecule has 1 amide bonds. The molecule has 27 heavy (non-hydrogen) atoms. The topological polar surface area (TPSA) is 71.0 Å². The van der Waals surface area contributed by atoms with Crippen molar-refractivity contribution in [2.75, 3.05) is 17.4 Å². The first kappa shape index (κ1) is 19.3. The molecule has 0 fully saturated rings. The Morgan fingerprint density at radius 1 is 1.19 bits per heavy atom. The van der Waals surface area contributed by atoms with Crippen LogP contribution in [0.3, 0.4) is 0 Å². The molecule has 1 unspecified atom stereocenters. The fourth-order valence-electron chi connectivity index (χ4n) is 2.83. The maximum atomic E-state index is 13.3. The van der Waals surface area contributed by atoms with Gasteiger partial charge in [-0.1, -0.05) is 0 Å². The molecule has 2 aromatic rings. The molecule has 1 aliphatic heterocycles. The second-order valence-corrected chi connectivity index (χ2v) is 7.48. The molecule has 8 heteroatoms. The van der Waals surface area contributed by atoms with E-state index in [0.717, 1.165) is 3.57 Å². The molecule has 6 nitrogen and oxygen atoms in total. The van der Waals surface area contributed by atoms with Crippen molar-refractivity contribution in [2.45, 2.75) is 18.9 Å². The number of hydrogen-bond donors (Lipinski definition) is 1. The smallest absolute Gasteiger partial charge is 0.333 e. The van der Waals surface area contributed by atoms with E-state index in [-0.39, 0.29) is 12.1 Å². The van der Waals surface area contributed by atoms with Gasteiger partial charge in [0.1, 0.15) is 11.5 Å². The zero-order valence-electron chi connectivity index (χ0n) is 14.7. The Bertz CT molecular complexity index is 899. The van der Waals surface area contributed by atoms with Crippen molar-refractivity contribution in [1.82, 2.24) is 0 Å². The minimum atomic E-state index is -1.20. The molecule has 0 bridgehead atoms. The highest BCUT2D eigenvalue weighted by Crippen LogP contribution is 2.34. The Kier molecular flexibility index (Phi) is 5.45. The van der Waals surface area contributed by atoms with Crippen LogP contribution in [0.15, 0.2) is 53.6 Å². The summed E-state index contributed by atoms with van der Waals surface area (Å²) >= 11 is 2.17. The van der Waals surface area contributed by atoms with Crippen molar-refractivity contribution in [3.8, 4) is 0 Å². The van der Waals surface area contributed by atoms with Crippen molar-refractivity contribution >= 4 is 51.6 Å². The number of ether oxygens (including phenoxy) is 1. The molecule has 0 saturated carbocycles. The maximum Gasteiger partial charge on any atom is 0.333 e. The van der Waals surface area contributed by atoms with Crippen molar-refractivity contribution in [1.29, 1.82) is 0 Å². The highest BCUT2D eigenvalue weighted by Gasteiger charge is 2.48. The quantitative estimate of drug-likeness (QED) is 0.536. The first-order chi connectivity index (χ1) is 12.8. The molecule has 0 aromatic heterocycles. The minimum absolute atomic E-state index is 0.0627. The van der Waals surface area contributed by atoms with Gasteiger partial charge < -0.3 is 10.1 Å². The number of carbonyl (C=O) groups excluding carboxylic acids is 2. The molecule has 2 aromatic carbocycles. The van der Waals surface area contributed by atoms with Crippen LogP contribution in [0.2, 0.25) is 0 Å². The lowest BCUT2D eigenvalue weighted by molar-refractivity contribution is -0.146. The van der Waals surface area contributed by atoms with E-state index in [1.807, 2.05) is 12.1 Å². The number of esters is 1. The van der Waals surface area contributed by atoms with Gasteiger partial charge in [-0.25, -0.2) is 14.2 Å². The van der Waals surface area contributed by atoms with E-state index in [4.69, 9.17) is 4.74 Å². The van der Waals surface area contributed by atoms with Gasteiger partial charge in [0.2, 0.25) is 0 Å². The number of methoxy groups -OCH3 is 1. The Morgan fingerprint density at radius 3 is 2.41 bits per heavy atom. The third kappa shape index (κ3) is 3.95. The number of hydrogen-bond acceptors (Lipinski definition) is 5. The van der Waals surface area contributed by atoms with E-state index in [1.54, 1.807) is 19.1 Å². The predicted molar refractivity (Wildman–Crippen MR) is 109 cm³/mol. The zero-order valence-corrected chi connectivity index (χ0v) is 16.9. The second-order valence-electron chi connectivity index (χ2n) is 6.24. The predicted octanol–water partition coefficient (Wildman–Crippen LogP) is 3.57. The van der Waals surface area contributed by atoms with Crippen LogP contribution < -0.4 is 10.3 Å². The lowest BCUT2D eigenvalue weighted by atomic mass is 9.95.